The number of carbonyl (C=O) groups is 2. The summed E-state index contributed by atoms with van der Waals surface area (Å²) in [5.41, 5.74) is 5.40. The van der Waals surface area contributed by atoms with Gasteiger partial charge in [0.15, 0.2) is 0 Å². The molecule has 178 valence electrons. The van der Waals surface area contributed by atoms with E-state index < -0.39 is 0 Å². The molecular formula is C29H34N2O2S. The fraction of sp³-hybridized carbons (Fsp3) is 0.379. The Hall–Kier alpha value is -2.92. The predicted molar refractivity (Wildman–Crippen MR) is 139 cm³/mol. The van der Waals surface area contributed by atoms with Crippen molar-refractivity contribution < 1.29 is 9.59 Å². The third-order valence-corrected chi connectivity index (χ3v) is 7.68. The van der Waals surface area contributed by atoms with E-state index in [0.29, 0.717) is 18.7 Å². The zero-order valence-electron chi connectivity index (χ0n) is 20.4. The highest BCUT2D eigenvalue weighted by molar-refractivity contribution is 7.10. The van der Waals surface area contributed by atoms with E-state index in [-0.39, 0.29) is 24.4 Å². The van der Waals surface area contributed by atoms with Crippen LogP contribution in [-0.4, -0.2) is 41.2 Å². The van der Waals surface area contributed by atoms with Gasteiger partial charge in [0.2, 0.25) is 5.91 Å². The van der Waals surface area contributed by atoms with Crippen LogP contribution in [0.15, 0.2) is 60.0 Å². The first-order valence-electron chi connectivity index (χ1n) is 12.3. The molecule has 2 aromatic carbocycles. The van der Waals surface area contributed by atoms with E-state index in [2.05, 4.69) is 56.5 Å². The fourth-order valence-corrected chi connectivity index (χ4v) is 5.52. The van der Waals surface area contributed by atoms with Gasteiger partial charge in [-0.15, -0.1) is 11.3 Å². The predicted octanol–water partition coefficient (Wildman–Crippen LogP) is 6.04. The molecule has 1 atom stereocenters. The average Bonchev–Trinajstić information content (AvgIpc) is 3.35. The van der Waals surface area contributed by atoms with Crippen molar-refractivity contribution in [1.82, 2.24) is 9.80 Å². The molecule has 5 heteroatoms. The molecule has 0 aliphatic carbocycles. The van der Waals surface area contributed by atoms with Gasteiger partial charge in [0.05, 0.1) is 6.04 Å². The monoisotopic (exact) mass is 474 g/mol. The van der Waals surface area contributed by atoms with Gasteiger partial charge in [-0.3, -0.25) is 9.59 Å². The van der Waals surface area contributed by atoms with Crippen molar-refractivity contribution in [2.24, 2.45) is 0 Å². The first-order valence-corrected chi connectivity index (χ1v) is 13.2. The molecule has 1 aliphatic rings. The second-order valence-electron chi connectivity index (χ2n) is 9.08. The van der Waals surface area contributed by atoms with Crippen LogP contribution >= 0.6 is 11.3 Å². The van der Waals surface area contributed by atoms with Gasteiger partial charge in [0.25, 0.3) is 5.91 Å². The first-order chi connectivity index (χ1) is 16.5. The molecule has 4 rings (SSSR count). The number of carbonyl (C=O) groups excluding carboxylic acids is 2. The molecule has 4 nitrogen and oxygen atoms in total. The lowest BCUT2D eigenvalue weighted by Gasteiger charge is -2.37. The standard InChI is InChI=1S/C29H34N2O2S/c1-4-6-17-30(29(33)24-13-9-22(5-2)10-14-24)20-27(32)31-18-15-26-25(16-19-34-26)28(31)23-11-7-21(3)8-12-23/h7-14,16,19,28H,4-6,15,17-18,20H2,1-3H3. The number of hydrogen-bond acceptors (Lipinski definition) is 3. The quantitative estimate of drug-likeness (QED) is 0.400. The van der Waals surface area contributed by atoms with Gasteiger partial charge in [-0.05, 0) is 66.5 Å². The van der Waals surface area contributed by atoms with E-state index in [1.165, 1.54) is 21.6 Å². The number of thiophene rings is 1. The molecule has 0 N–H and O–H groups in total. The number of amides is 2. The van der Waals surface area contributed by atoms with Crippen LogP contribution in [-0.2, 0) is 17.6 Å². The molecular weight excluding hydrogens is 440 g/mol. The molecule has 2 amide bonds. The Bertz CT molecular complexity index is 1120. The average molecular weight is 475 g/mol. The molecule has 0 radical (unpaired) electrons. The van der Waals surface area contributed by atoms with Gasteiger partial charge in [-0.2, -0.15) is 0 Å². The Labute approximate surface area is 207 Å². The van der Waals surface area contributed by atoms with Crippen molar-refractivity contribution >= 4 is 23.2 Å². The number of hydrogen-bond donors (Lipinski definition) is 0. The Morgan fingerprint density at radius 1 is 1.03 bits per heavy atom. The van der Waals surface area contributed by atoms with Crippen LogP contribution in [0.25, 0.3) is 0 Å². The minimum Gasteiger partial charge on any atom is -0.330 e. The molecule has 34 heavy (non-hydrogen) atoms. The Balaban J connectivity index is 1.59. The summed E-state index contributed by atoms with van der Waals surface area (Å²) in [5.74, 6) is -0.0540. The molecule has 1 aliphatic heterocycles. The lowest BCUT2D eigenvalue weighted by molar-refractivity contribution is -0.134. The summed E-state index contributed by atoms with van der Waals surface area (Å²) in [6, 6.07) is 18.3. The normalized spacial score (nSPS) is 15.1. The molecule has 0 saturated carbocycles. The summed E-state index contributed by atoms with van der Waals surface area (Å²) in [5, 5.41) is 2.12. The van der Waals surface area contributed by atoms with Crippen molar-refractivity contribution in [3.8, 4) is 0 Å². The van der Waals surface area contributed by atoms with Crippen molar-refractivity contribution in [2.45, 2.75) is 52.5 Å². The summed E-state index contributed by atoms with van der Waals surface area (Å²) in [7, 11) is 0. The van der Waals surface area contributed by atoms with Crippen LogP contribution in [0.3, 0.4) is 0 Å². The van der Waals surface area contributed by atoms with Crippen LogP contribution < -0.4 is 0 Å². The first kappa shape index (κ1) is 24.2. The zero-order chi connectivity index (χ0) is 24.1. The van der Waals surface area contributed by atoms with E-state index in [0.717, 1.165) is 31.2 Å². The third-order valence-electron chi connectivity index (χ3n) is 6.68. The Morgan fingerprint density at radius 2 is 1.76 bits per heavy atom. The van der Waals surface area contributed by atoms with Crippen LogP contribution in [0.4, 0.5) is 0 Å². The number of benzene rings is 2. The number of unbranched alkanes of at least 4 members (excludes halogenated alkanes) is 1. The Morgan fingerprint density at radius 3 is 2.44 bits per heavy atom. The van der Waals surface area contributed by atoms with Gasteiger partial charge in [0.1, 0.15) is 6.54 Å². The summed E-state index contributed by atoms with van der Waals surface area (Å²) >= 11 is 1.77. The number of fused-ring (bicyclic) bond motifs is 1. The van der Waals surface area contributed by atoms with E-state index >= 15 is 0 Å². The second kappa shape index (κ2) is 11.0. The minimum atomic E-state index is -0.102. The van der Waals surface area contributed by atoms with Crippen molar-refractivity contribution in [3.05, 3.63) is 92.7 Å². The highest BCUT2D eigenvalue weighted by Gasteiger charge is 2.34. The van der Waals surface area contributed by atoms with Gasteiger partial charge in [-0.25, -0.2) is 0 Å². The molecule has 2 heterocycles. The van der Waals surface area contributed by atoms with Crippen LogP contribution in [0, 0.1) is 6.92 Å². The summed E-state index contributed by atoms with van der Waals surface area (Å²) < 4.78 is 0. The second-order valence-corrected chi connectivity index (χ2v) is 10.1. The lowest BCUT2D eigenvalue weighted by atomic mass is 9.92. The van der Waals surface area contributed by atoms with E-state index in [1.54, 1.807) is 16.2 Å². The van der Waals surface area contributed by atoms with Gasteiger partial charge < -0.3 is 9.80 Å². The molecule has 3 aromatic rings. The SMILES string of the molecule is CCCCN(CC(=O)N1CCc2sccc2C1c1ccc(C)cc1)C(=O)c1ccc(CC)cc1. The van der Waals surface area contributed by atoms with Gasteiger partial charge in [-0.1, -0.05) is 62.2 Å². The number of nitrogens with zero attached hydrogens (tertiary/aromatic N) is 2. The maximum Gasteiger partial charge on any atom is 0.254 e. The molecule has 0 spiro atoms. The van der Waals surface area contributed by atoms with Crippen molar-refractivity contribution in [3.63, 3.8) is 0 Å². The number of rotatable bonds is 8. The highest BCUT2D eigenvalue weighted by Crippen LogP contribution is 2.38. The summed E-state index contributed by atoms with van der Waals surface area (Å²) in [6.45, 7) is 7.65. The smallest absolute Gasteiger partial charge is 0.254 e. The zero-order valence-corrected chi connectivity index (χ0v) is 21.2. The molecule has 0 bridgehead atoms. The van der Waals surface area contributed by atoms with Crippen molar-refractivity contribution in [1.29, 1.82) is 0 Å². The minimum absolute atomic E-state index is 0.0112. The highest BCUT2D eigenvalue weighted by atomic mass is 32.1. The molecule has 1 unspecified atom stereocenters. The van der Waals surface area contributed by atoms with Crippen LogP contribution in [0.1, 0.15) is 70.2 Å². The van der Waals surface area contributed by atoms with Gasteiger partial charge in [0, 0.05) is 23.5 Å². The number of aryl methyl sites for hydroxylation is 2. The maximum absolute atomic E-state index is 13.7. The summed E-state index contributed by atoms with van der Waals surface area (Å²) in [4.78, 5) is 32.2. The topological polar surface area (TPSA) is 40.6 Å². The van der Waals surface area contributed by atoms with Crippen LogP contribution in [0.2, 0.25) is 0 Å². The lowest BCUT2D eigenvalue weighted by Crippen LogP contribution is -2.47. The third kappa shape index (κ3) is 5.25. The van der Waals surface area contributed by atoms with E-state index in [9.17, 15) is 9.59 Å². The van der Waals surface area contributed by atoms with Crippen LogP contribution in [0.5, 0.6) is 0 Å². The maximum atomic E-state index is 13.7. The molecule has 1 aromatic heterocycles. The Kier molecular flexibility index (Phi) is 7.84. The molecule has 0 fully saturated rings. The van der Waals surface area contributed by atoms with Gasteiger partial charge >= 0.3 is 0 Å². The fourth-order valence-electron chi connectivity index (χ4n) is 4.61. The summed E-state index contributed by atoms with van der Waals surface area (Å²) in [6.07, 6.45) is 3.65. The van der Waals surface area contributed by atoms with Crippen molar-refractivity contribution in [2.75, 3.05) is 19.6 Å². The van der Waals surface area contributed by atoms with E-state index in [4.69, 9.17) is 0 Å². The largest absolute Gasteiger partial charge is 0.330 e. The molecule has 0 saturated heterocycles. The van der Waals surface area contributed by atoms with E-state index in [1.807, 2.05) is 29.2 Å².